The van der Waals surface area contributed by atoms with Crippen molar-refractivity contribution in [2.75, 3.05) is 6.61 Å². The molecular weight excluding hydrogens is 330 g/mol. The van der Waals surface area contributed by atoms with Crippen molar-refractivity contribution in [2.24, 2.45) is 0 Å². The van der Waals surface area contributed by atoms with E-state index in [-0.39, 0.29) is 11.6 Å². The van der Waals surface area contributed by atoms with Crippen LogP contribution in [0.4, 0.5) is 0 Å². The molecule has 1 atom stereocenters. The highest BCUT2D eigenvalue weighted by Gasteiger charge is 2.24. The average Bonchev–Trinajstić information content (AvgIpc) is 2.69. The highest BCUT2D eigenvalue weighted by molar-refractivity contribution is 5.94. The van der Waals surface area contributed by atoms with E-state index in [2.05, 4.69) is 15.3 Å². The van der Waals surface area contributed by atoms with Crippen LogP contribution in [0.2, 0.25) is 0 Å². The number of aromatic amines is 1. The molecule has 2 N–H and O–H groups in total. The summed E-state index contributed by atoms with van der Waals surface area (Å²) in [5.41, 5.74) is 1.99. The lowest BCUT2D eigenvalue weighted by atomic mass is 10.00. The number of ether oxygens (including phenoxy) is 1. The Hall–Kier alpha value is -3.41. The summed E-state index contributed by atoms with van der Waals surface area (Å²) in [6.07, 6.45) is 3.98. The average molecular weight is 347 g/mol. The number of pyridine rings is 2. The normalized spacial score (nSPS) is 15.6. The summed E-state index contributed by atoms with van der Waals surface area (Å²) in [6, 6.07) is 14.3. The molecule has 0 unspecified atom stereocenters. The van der Waals surface area contributed by atoms with E-state index in [1.165, 1.54) is 0 Å². The zero-order chi connectivity index (χ0) is 17.9. The van der Waals surface area contributed by atoms with Gasteiger partial charge in [0.25, 0.3) is 11.5 Å². The van der Waals surface area contributed by atoms with Gasteiger partial charge in [0, 0.05) is 35.6 Å². The number of carbonyl (C=O) groups excluding carboxylic acids is 1. The SMILES string of the molecule is O=C(N[C@@H]1CCOc2ccccc21)c1ccc(-c2cccnc2)[nH]c1=O. The largest absolute Gasteiger partial charge is 0.493 e. The number of H-pyrrole nitrogens is 1. The smallest absolute Gasteiger partial charge is 0.261 e. The summed E-state index contributed by atoms with van der Waals surface area (Å²) in [7, 11) is 0. The molecule has 3 aromatic rings. The van der Waals surface area contributed by atoms with Crippen LogP contribution in [-0.2, 0) is 0 Å². The Morgan fingerprint density at radius 2 is 2.04 bits per heavy atom. The van der Waals surface area contributed by atoms with Crippen molar-refractivity contribution < 1.29 is 9.53 Å². The highest BCUT2D eigenvalue weighted by Crippen LogP contribution is 2.31. The van der Waals surface area contributed by atoms with Crippen molar-refractivity contribution in [3.63, 3.8) is 0 Å². The molecule has 1 aliphatic heterocycles. The van der Waals surface area contributed by atoms with Crippen molar-refractivity contribution in [3.8, 4) is 17.0 Å². The van der Waals surface area contributed by atoms with Crippen LogP contribution in [0.3, 0.4) is 0 Å². The van der Waals surface area contributed by atoms with Gasteiger partial charge in [0.2, 0.25) is 0 Å². The molecule has 1 aliphatic rings. The molecule has 0 saturated heterocycles. The van der Waals surface area contributed by atoms with Gasteiger partial charge in [0.15, 0.2) is 0 Å². The maximum Gasteiger partial charge on any atom is 0.261 e. The second kappa shape index (κ2) is 6.84. The number of carbonyl (C=O) groups is 1. The van der Waals surface area contributed by atoms with E-state index >= 15 is 0 Å². The number of para-hydroxylation sites is 1. The van der Waals surface area contributed by atoms with Crippen LogP contribution in [0.1, 0.15) is 28.4 Å². The molecule has 130 valence electrons. The molecule has 26 heavy (non-hydrogen) atoms. The first-order valence-corrected chi connectivity index (χ1v) is 8.39. The lowest BCUT2D eigenvalue weighted by molar-refractivity contribution is 0.0923. The zero-order valence-corrected chi connectivity index (χ0v) is 13.9. The third kappa shape index (κ3) is 3.09. The topological polar surface area (TPSA) is 84.1 Å². The molecular formula is C20H17N3O3. The molecule has 3 heterocycles. The maximum absolute atomic E-state index is 12.6. The Kier molecular flexibility index (Phi) is 4.23. The van der Waals surface area contributed by atoms with Gasteiger partial charge in [-0.3, -0.25) is 14.6 Å². The van der Waals surface area contributed by atoms with Crippen LogP contribution in [0.15, 0.2) is 65.7 Å². The number of hydrogen-bond acceptors (Lipinski definition) is 4. The zero-order valence-electron chi connectivity index (χ0n) is 13.9. The summed E-state index contributed by atoms with van der Waals surface area (Å²) < 4.78 is 5.60. The molecule has 6 nitrogen and oxygen atoms in total. The van der Waals surface area contributed by atoms with E-state index in [0.29, 0.717) is 18.7 Å². The molecule has 2 aromatic heterocycles. The van der Waals surface area contributed by atoms with Crippen LogP contribution >= 0.6 is 0 Å². The summed E-state index contributed by atoms with van der Waals surface area (Å²) in [5, 5.41) is 2.94. The van der Waals surface area contributed by atoms with E-state index < -0.39 is 11.5 Å². The molecule has 6 heteroatoms. The standard InChI is InChI=1S/C20H17N3O3/c24-19-15(7-8-16(22-19)13-4-3-10-21-12-13)20(25)23-17-9-11-26-18-6-2-1-5-14(17)18/h1-8,10,12,17H,9,11H2,(H,22,24)(H,23,25)/t17-/m1/s1. The number of aromatic nitrogens is 2. The maximum atomic E-state index is 12.6. The van der Waals surface area contributed by atoms with Crippen molar-refractivity contribution >= 4 is 5.91 Å². The Morgan fingerprint density at radius 3 is 2.85 bits per heavy atom. The Balaban J connectivity index is 1.57. The van der Waals surface area contributed by atoms with Gasteiger partial charge in [0.1, 0.15) is 11.3 Å². The number of fused-ring (bicyclic) bond motifs is 1. The molecule has 0 radical (unpaired) electrons. The Bertz CT molecular complexity index is 998. The monoisotopic (exact) mass is 347 g/mol. The van der Waals surface area contributed by atoms with Gasteiger partial charge < -0.3 is 15.0 Å². The van der Waals surface area contributed by atoms with E-state index in [9.17, 15) is 9.59 Å². The number of hydrogen-bond donors (Lipinski definition) is 2. The van der Waals surface area contributed by atoms with Gasteiger partial charge in [-0.25, -0.2) is 0 Å². The lowest BCUT2D eigenvalue weighted by Gasteiger charge is -2.26. The highest BCUT2D eigenvalue weighted by atomic mass is 16.5. The van der Waals surface area contributed by atoms with Crippen molar-refractivity contribution in [2.45, 2.75) is 12.5 Å². The third-order valence-electron chi connectivity index (χ3n) is 4.39. The fourth-order valence-corrected chi connectivity index (χ4v) is 3.07. The summed E-state index contributed by atoms with van der Waals surface area (Å²) in [5.74, 6) is 0.371. The minimum Gasteiger partial charge on any atom is -0.493 e. The van der Waals surface area contributed by atoms with Crippen LogP contribution < -0.4 is 15.6 Å². The van der Waals surface area contributed by atoms with Gasteiger partial charge >= 0.3 is 0 Å². The molecule has 1 amide bonds. The van der Waals surface area contributed by atoms with Gasteiger partial charge in [-0.2, -0.15) is 0 Å². The van der Waals surface area contributed by atoms with Crippen LogP contribution in [0.25, 0.3) is 11.3 Å². The predicted octanol–water partition coefficient (Wildman–Crippen LogP) is 2.69. The van der Waals surface area contributed by atoms with Crippen molar-refractivity contribution in [1.82, 2.24) is 15.3 Å². The van der Waals surface area contributed by atoms with Crippen LogP contribution in [0, 0.1) is 0 Å². The second-order valence-corrected chi connectivity index (χ2v) is 6.06. The van der Waals surface area contributed by atoms with E-state index in [0.717, 1.165) is 16.9 Å². The number of nitrogens with one attached hydrogen (secondary N) is 2. The number of benzene rings is 1. The van der Waals surface area contributed by atoms with E-state index in [1.807, 2.05) is 30.3 Å². The molecule has 1 aromatic carbocycles. The summed E-state index contributed by atoms with van der Waals surface area (Å²) >= 11 is 0. The van der Waals surface area contributed by atoms with Gasteiger partial charge in [0.05, 0.1) is 12.6 Å². The Labute approximate surface area is 149 Å². The molecule has 0 spiro atoms. The minimum atomic E-state index is -0.427. The molecule has 0 fully saturated rings. The molecule has 0 aliphatic carbocycles. The Morgan fingerprint density at radius 1 is 1.15 bits per heavy atom. The fourth-order valence-electron chi connectivity index (χ4n) is 3.07. The molecule has 0 bridgehead atoms. The van der Waals surface area contributed by atoms with Gasteiger partial charge in [-0.1, -0.05) is 18.2 Å². The lowest BCUT2D eigenvalue weighted by Crippen LogP contribution is -2.35. The molecule has 4 rings (SSSR count). The van der Waals surface area contributed by atoms with Crippen LogP contribution in [0.5, 0.6) is 5.75 Å². The van der Waals surface area contributed by atoms with E-state index in [1.54, 1.807) is 30.6 Å². The summed E-state index contributed by atoms with van der Waals surface area (Å²) in [6.45, 7) is 0.526. The predicted molar refractivity (Wildman–Crippen MR) is 97.1 cm³/mol. The summed E-state index contributed by atoms with van der Waals surface area (Å²) in [4.78, 5) is 31.8. The first-order valence-electron chi connectivity index (χ1n) is 8.39. The number of rotatable bonds is 3. The van der Waals surface area contributed by atoms with Crippen molar-refractivity contribution in [3.05, 3.63) is 82.4 Å². The molecule has 0 saturated carbocycles. The fraction of sp³-hybridized carbons (Fsp3) is 0.150. The van der Waals surface area contributed by atoms with Gasteiger partial charge in [-0.15, -0.1) is 0 Å². The van der Waals surface area contributed by atoms with Crippen molar-refractivity contribution in [1.29, 1.82) is 0 Å². The second-order valence-electron chi connectivity index (χ2n) is 6.06. The van der Waals surface area contributed by atoms with Crippen LogP contribution in [-0.4, -0.2) is 22.5 Å². The first-order chi connectivity index (χ1) is 12.7. The van der Waals surface area contributed by atoms with E-state index in [4.69, 9.17) is 4.74 Å². The number of nitrogens with zero attached hydrogens (tertiary/aromatic N) is 1. The minimum absolute atomic E-state index is 0.0848. The third-order valence-corrected chi connectivity index (χ3v) is 4.39. The number of amides is 1. The first kappa shape index (κ1) is 16.1. The quantitative estimate of drug-likeness (QED) is 0.763. The van der Waals surface area contributed by atoms with Gasteiger partial charge in [-0.05, 0) is 30.3 Å².